The fourth-order valence-electron chi connectivity index (χ4n) is 1.52. The number of halogens is 1. The van der Waals surface area contributed by atoms with E-state index in [2.05, 4.69) is 15.4 Å². The summed E-state index contributed by atoms with van der Waals surface area (Å²) in [6.45, 7) is 3.77. The van der Waals surface area contributed by atoms with Gasteiger partial charge in [-0.3, -0.25) is 0 Å². The quantitative estimate of drug-likeness (QED) is 0.667. The van der Waals surface area contributed by atoms with Crippen LogP contribution in [0, 0.1) is 12.7 Å². The molecular weight excluding hydrogens is 297 g/mol. The van der Waals surface area contributed by atoms with Crippen LogP contribution in [0.5, 0.6) is 0 Å². The minimum absolute atomic E-state index is 0.0326. The standard InChI is InChI=1S/C13H20FN3O3S/c1-3-21(19,20)16-8-4-7-15-13(18)17-11-5-6-12(14)10(2)9-11/h5-6,9,16H,3-4,7-8H2,1-2H3,(H2,15,17,18). The predicted molar refractivity (Wildman–Crippen MR) is 80.2 cm³/mol. The first-order valence-electron chi connectivity index (χ1n) is 6.62. The van der Waals surface area contributed by atoms with Gasteiger partial charge in [0.15, 0.2) is 0 Å². The number of hydrogen-bond acceptors (Lipinski definition) is 3. The van der Waals surface area contributed by atoms with Gasteiger partial charge in [0.05, 0.1) is 5.75 Å². The molecule has 0 aromatic heterocycles. The van der Waals surface area contributed by atoms with Crippen molar-refractivity contribution in [1.82, 2.24) is 10.0 Å². The van der Waals surface area contributed by atoms with E-state index in [-0.39, 0.29) is 18.1 Å². The summed E-state index contributed by atoms with van der Waals surface area (Å²) in [5.41, 5.74) is 0.944. The average molecular weight is 317 g/mol. The molecule has 0 bridgehead atoms. The van der Waals surface area contributed by atoms with Crippen molar-refractivity contribution in [3.8, 4) is 0 Å². The van der Waals surface area contributed by atoms with Crippen LogP contribution >= 0.6 is 0 Å². The van der Waals surface area contributed by atoms with E-state index in [9.17, 15) is 17.6 Å². The molecule has 0 saturated carbocycles. The van der Waals surface area contributed by atoms with E-state index in [0.717, 1.165) is 0 Å². The summed E-state index contributed by atoms with van der Waals surface area (Å²) in [5, 5.41) is 5.16. The van der Waals surface area contributed by atoms with E-state index in [1.165, 1.54) is 18.2 Å². The Morgan fingerprint density at radius 3 is 2.62 bits per heavy atom. The third-order valence-electron chi connectivity index (χ3n) is 2.76. The lowest BCUT2D eigenvalue weighted by Gasteiger charge is -2.09. The van der Waals surface area contributed by atoms with E-state index in [1.807, 2.05) is 0 Å². The van der Waals surface area contributed by atoms with Crippen molar-refractivity contribution >= 4 is 21.7 Å². The molecule has 8 heteroatoms. The number of nitrogens with one attached hydrogen (secondary N) is 3. The van der Waals surface area contributed by atoms with Crippen molar-refractivity contribution in [1.29, 1.82) is 0 Å². The summed E-state index contributed by atoms with van der Waals surface area (Å²) >= 11 is 0. The van der Waals surface area contributed by atoms with Gasteiger partial charge >= 0.3 is 6.03 Å². The van der Waals surface area contributed by atoms with E-state index in [4.69, 9.17) is 0 Å². The molecular formula is C13H20FN3O3S. The molecule has 0 radical (unpaired) electrons. The van der Waals surface area contributed by atoms with Crippen molar-refractivity contribution < 1.29 is 17.6 Å². The number of anilines is 1. The molecule has 0 atom stereocenters. The predicted octanol–water partition coefficient (Wildman–Crippen LogP) is 1.59. The molecule has 0 fully saturated rings. The van der Waals surface area contributed by atoms with Crippen LogP contribution in [-0.2, 0) is 10.0 Å². The summed E-state index contributed by atoms with van der Waals surface area (Å²) in [4.78, 5) is 11.6. The topological polar surface area (TPSA) is 87.3 Å². The molecule has 21 heavy (non-hydrogen) atoms. The highest BCUT2D eigenvalue weighted by Crippen LogP contribution is 2.13. The lowest BCUT2D eigenvalue weighted by molar-refractivity contribution is 0.252. The lowest BCUT2D eigenvalue weighted by atomic mass is 10.2. The third kappa shape index (κ3) is 6.54. The van der Waals surface area contributed by atoms with Crippen molar-refractivity contribution in [2.75, 3.05) is 24.2 Å². The van der Waals surface area contributed by atoms with Crippen molar-refractivity contribution in [2.45, 2.75) is 20.3 Å². The van der Waals surface area contributed by atoms with Gasteiger partial charge in [-0.05, 0) is 44.0 Å². The molecule has 0 spiro atoms. The molecule has 0 aliphatic heterocycles. The van der Waals surface area contributed by atoms with Crippen LogP contribution in [0.1, 0.15) is 18.9 Å². The third-order valence-corrected chi connectivity index (χ3v) is 4.16. The minimum atomic E-state index is -3.19. The molecule has 0 aliphatic rings. The van der Waals surface area contributed by atoms with Gasteiger partial charge in [-0.1, -0.05) is 0 Å². The van der Waals surface area contributed by atoms with Gasteiger partial charge in [0.2, 0.25) is 10.0 Å². The summed E-state index contributed by atoms with van der Waals surface area (Å²) in [5.74, 6) is -0.297. The average Bonchev–Trinajstić information content (AvgIpc) is 2.42. The number of carbonyl (C=O) groups excluding carboxylic acids is 1. The number of benzene rings is 1. The van der Waals surface area contributed by atoms with Crippen molar-refractivity contribution in [3.05, 3.63) is 29.6 Å². The zero-order valence-corrected chi connectivity index (χ0v) is 12.9. The molecule has 0 saturated heterocycles. The van der Waals surface area contributed by atoms with Gasteiger partial charge in [-0.15, -0.1) is 0 Å². The number of aryl methyl sites for hydroxylation is 1. The second-order valence-electron chi connectivity index (χ2n) is 4.50. The molecule has 118 valence electrons. The Labute approximate surface area is 124 Å². The van der Waals surface area contributed by atoms with E-state index in [1.54, 1.807) is 13.8 Å². The fourth-order valence-corrected chi connectivity index (χ4v) is 2.18. The summed E-state index contributed by atoms with van der Waals surface area (Å²) in [6.07, 6.45) is 0.481. The molecule has 1 rings (SSSR count). The fraction of sp³-hybridized carbons (Fsp3) is 0.462. The maximum atomic E-state index is 13.1. The first kappa shape index (κ1) is 17.4. The lowest BCUT2D eigenvalue weighted by Crippen LogP contribution is -2.32. The van der Waals surface area contributed by atoms with Crippen molar-refractivity contribution in [3.63, 3.8) is 0 Å². The number of amides is 2. The monoisotopic (exact) mass is 317 g/mol. The smallest absolute Gasteiger partial charge is 0.319 e. The molecule has 0 aliphatic carbocycles. The van der Waals surface area contributed by atoms with Crippen LogP contribution in [0.4, 0.5) is 14.9 Å². The first-order valence-corrected chi connectivity index (χ1v) is 8.27. The highest BCUT2D eigenvalue weighted by Gasteiger charge is 2.06. The van der Waals surface area contributed by atoms with Crippen LogP contribution in [-0.4, -0.2) is 33.3 Å². The Morgan fingerprint density at radius 1 is 1.29 bits per heavy atom. The van der Waals surface area contributed by atoms with Gasteiger partial charge < -0.3 is 10.6 Å². The van der Waals surface area contributed by atoms with Gasteiger partial charge in [0.25, 0.3) is 0 Å². The summed E-state index contributed by atoms with van der Waals surface area (Å²) in [7, 11) is -3.19. The number of hydrogen-bond donors (Lipinski definition) is 3. The van der Waals surface area contributed by atoms with Crippen LogP contribution in [0.3, 0.4) is 0 Å². The van der Waals surface area contributed by atoms with E-state index < -0.39 is 16.1 Å². The zero-order valence-electron chi connectivity index (χ0n) is 12.1. The number of carbonyl (C=O) groups is 1. The summed E-state index contributed by atoms with van der Waals surface area (Å²) < 4.78 is 37.8. The minimum Gasteiger partial charge on any atom is -0.338 e. The van der Waals surface area contributed by atoms with Crippen molar-refractivity contribution in [2.24, 2.45) is 0 Å². The van der Waals surface area contributed by atoms with E-state index >= 15 is 0 Å². The molecule has 2 amide bonds. The summed E-state index contributed by atoms with van der Waals surface area (Å²) in [6, 6.07) is 3.87. The normalized spacial score (nSPS) is 11.2. The second-order valence-corrected chi connectivity index (χ2v) is 6.59. The van der Waals surface area contributed by atoms with Gasteiger partial charge in [-0.2, -0.15) is 0 Å². The number of rotatable bonds is 7. The largest absolute Gasteiger partial charge is 0.338 e. The number of sulfonamides is 1. The Bertz CT molecular complexity index is 590. The molecule has 3 N–H and O–H groups in total. The highest BCUT2D eigenvalue weighted by molar-refractivity contribution is 7.89. The number of urea groups is 1. The zero-order chi connectivity index (χ0) is 15.9. The van der Waals surface area contributed by atoms with Crippen LogP contribution in [0.2, 0.25) is 0 Å². The van der Waals surface area contributed by atoms with Crippen LogP contribution < -0.4 is 15.4 Å². The molecule has 0 heterocycles. The molecule has 1 aromatic rings. The SMILES string of the molecule is CCS(=O)(=O)NCCCNC(=O)Nc1ccc(F)c(C)c1. The maximum absolute atomic E-state index is 13.1. The maximum Gasteiger partial charge on any atom is 0.319 e. The van der Waals surface area contributed by atoms with Crippen LogP contribution in [0.25, 0.3) is 0 Å². The van der Waals surface area contributed by atoms with Gasteiger partial charge in [-0.25, -0.2) is 22.3 Å². The van der Waals surface area contributed by atoms with Gasteiger partial charge in [0.1, 0.15) is 5.82 Å². The molecule has 6 nitrogen and oxygen atoms in total. The Balaban J connectivity index is 2.27. The Kier molecular flexibility index (Phi) is 6.57. The molecule has 1 aromatic carbocycles. The van der Waals surface area contributed by atoms with E-state index in [0.29, 0.717) is 24.2 Å². The van der Waals surface area contributed by atoms with Gasteiger partial charge in [0, 0.05) is 18.8 Å². The molecule has 0 unspecified atom stereocenters. The highest BCUT2D eigenvalue weighted by atomic mass is 32.2. The van der Waals surface area contributed by atoms with Crippen LogP contribution in [0.15, 0.2) is 18.2 Å². The Morgan fingerprint density at radius 2 is 2.00 bits per heavy atom. The Hall–Kier alpha value is -1.67. The second kappa shape index (κ2) is 7.94. The first-order chi connectivity index (χ1) is 9.84.